The van der Waals surface area contributed by atoms with E-state index in [9.17, 15) is 0 Å². The number of rotatable bonds is 20. The van der Waals surface area contributed by atoms with Gasteiger partial charge >= 0.3 is 626 Å². The zero-order chi connectivity index (χ0) is 77.4. The van der Waals surface area contributed by atoms with Gasteiger partial charge in [-0.05, 0) is 0 Å². The molecule has 0 aromatic heterocycles. The summed E-state index contributed by atoms with van der Waals surface area (Å²) in [6, 6.07) is 143. The van der Waals surface area contributed by atoms with Gasteiger partial charge in [0.2, 0.25) is 0 Å². The molecule has 0 unspecified atom stereocenters. The SMILES string of the molecule is Cc1ccc(C(=Cc2ccc(-c3ccccc3)cc2)c2cc[c]([Sn]([c]3ccc(C(=Cc4ccc(-c5ccccc5)cc4)c4ccc(C)cc4S)cc3)([c]3ccc(C(=Cc4ccc(-c5ccccc5)cc4)c4ccc(C)cc4S)cc3)[c]3ccc(C(=Cc4ccc(-c5ccccc5)cc4)c4ccc(C)cc4S)cc3)cc2)c(S)c1. The quantitative estimate of drug-likeness (QED) is 0.0326. The van der Waals surface area contributed by atoms with Crippen LogP contribution in [0.4, 0.5) is 0 Å². The van der Waals surface area contributed by atoms with Crippen LogP contribution < -0.4 is 14.3 Å². The Labute approximate surface area is 692 Å². The van der Waals surface area contributed by atoms with E-state index in [2.05, 4.69) is 440 Å². The zero-order valence-corrected chi connectivity index (χ0v) is 70.0. The molecule has 544 valence electrons. The molecule has 0 saturated heterocycles. The van der Waals surface area contributed by atoms with Gasteiger partial charge in [-0.15, -0.1) is 0 Å². The Kier molecular flexibility index (Phi) is 23.0. The number of aryl methyl sites for hydroxylation is 4. The molecule has 0 N–H and O–H groups in total. The monoisotopic (exact) mass is 1630 g/mol. The fourth-order valence-corrected chi connectivity index (χ4v) is 30.5. The van der Waals surface area contributed by atoms with Crippen LogP contribution in [0.3, 0.4) is 0 Å². The second-order valence-corrected chi connectivity index (χ2v) is 42.1. The fourth-order valence-electron chi connectivity index (χ4n) is 15.6. The van der Waals surface area contributed by atoms with E-state index in [0.29, 0.717) is 0 Å². The molecule has 0 nitrogen and oxygen atoms in total. The summed E-state index contributed by atoms with van der Waals surface area (Å²) in [5.74, 6) is 0. The molecule has 0 atom stereocenters. The van der Waals surface area contributed by atoms with Crippen LogP contribution in [-0.4, -0.2) is 18.4 Å². The van der Waals surface area contributed by atoms with Crippen molar-refractivity contribution in [1.29, 1.82) is 0 Å². The Morgan fingerprint density at radius 2 is 0.372 bits per heavy atom. The van der Waals surface area contributed by atoms with E-state index in [1.807, 2.05) is 0 Å². The van der Waals surface area contributed by atoms with E-state index >= 15 is 0 Å². The van der Waals surface area contributed by atoms with Crippen molar-refractivity contribution in [2.24, 2.45) is 0 Å². The first-order valence-corrected chi connectivity index (χ1v) is 45.9. The molecule has 0 amide bonds. The first kappa shape index (κ1) is 75.7. The predicted molar refractivity (Wildman–Crippen MR) is 499 cm³/mol. The third kappa shape index (κ3) is 16.9. The predicted octanol–water partition coefficient (Wildman–Crippen LogP) is 26.5. The van der Waals surface area contributed by atoms with Gasteiger partial charge < -0.3 is 0 Å². The van der Waals surface area contributed by atoms with E-state index in [1.165, 1.54) is 58.8 Å². The Hall–Kier alpha value is -11.3. The van der Waals surface area contributed by atoms with Crippen LogP contribution >= 0.6 is 50.5 Å². The Morgan fingerprint density at radius 3 is 0.549 bits per heavy atom. The van der Waals surface area contributed by atoms with Crippen molar-refractivity contribution in [2.45, 2.75) is 47.3 Å². The first-order chi connectivity index (χ1) is 55.2. The second kappa shape index (κ2) is 34.3. The molecule has 0 radical (unpaired) electrons. The first-order valence-electron chi connectivity index (χ1n) is 38.4. The Bertz CT molecular complexity index is 5410. The summed E-state index contributed by atoms with van der Waals surface area (Å²) in [6.45, 7) is 8.53. The van der Waals surface area contributed by atoms with E-state index < -0.39 is 18.4 Å². The molecule has 0 saturated carbocycles. The van der Waals surface area contributed by atoms with Crippen LogP contribution in [0.15, 0.2) is 408 Å². The minimum absolute atomic E-state index is 0.921. The van der Waals surface area contributed by atoms with Crippen LogP contribution in [0.25, 0.3) is 91.1 Å². The molecule has 0 aliphatic carbocycles. The van der Waals surface area contributed by atoms with Gasteiger partial charge in [-0.3, -0.25) is 0 Å². The molecule has 0 heterocycles. The summed E-state index contributed by atoms with van der Waals surface area (Å²) < 4.78 is 5.16. The van der Waals surface area contributed by atoms with Gasteiger partial charge in [-0.2, -0.15) is 0 Å². The number of benzene rings is 16. The number of hydrogen-bond donors (Lipinski definition) is 4. The zero-order valence-electron chi connectivity index (χ0n) is 63.5. The Morgan fingerprint density at radius 1 is 0.195 bits per heavy atom. The van der Waals surface area contributed by atoms with Gasteiger partial charge in [0.1, 0.15) is 0 Å². The molecule has 0 aliphatic rings. The maximum atomic E-state index is 5.25. The third-order valence-corrected chi connectivity index (χ3v) is 36.8. The molecule has 16 rings (SSSR count). The maximum absolute atomic E-state index is 5.25. The summed E-state index contributed by atoms with van der Waals surface area (Å²) in [4.78, 5) is 3.68. The molecule has 0 fully saturated rings. The van der Waals surface area contributed by atoms with Crippen molar-refractivity contribution in [3.8, 4) is 44.5 Å². The molecule has 113 heavy (non-hydrogen) atoms. The number of hydrogen-bond acceptors (Lipinski definition) is 4. The average Bonchev–Trinajstić information content (AvgIpc) is 0.725. The standard InChI is InChI=1S/4C27H21S.Sn/c4*1-20-12-17-25(27(28)18-20)26(24-10-6-3-7-11-24)19-21-13-15-23(16-14-21)22-8-4-2-5-9-22;/h4*2,4-19,28H,1H3;. The summed E-state index contributed by atoms with van der Waals surface area (Å²) in [7, 11) is 0. The number of thiol groups is 4. The van der Waals surface area contributed by atoms with Gasteiger partial charge in [0.05, 0.1) is 0 Å². The molecule has 16 aromatic carbocycles. The fraction of sp³-hybridized carbons (Fsp3) is 0.0370. The van der Waals surface area contributed by atoms with E-state index in [-0.39, 0.29) is 0 Å². The molecular weight excluding hydrogens is 1540 g/mol. The van der Waals surface area contributed by atoms with E-state index in [0.717, 1.165) is 131 Å². The summed E-state index contributed by atoms with van der Waals surface area (Å²) >= 11 is 16.2. The molecule has 0 aliphatic heterocycles. The van der Waals surface area contributed by atoms with Gasteiger partial charge in [-0.25, -0.2) is 0 Å². The van der Waals surface area contributed by atoms with E-state index in [4.69, 9.17) is 50.5 Å². The van der Waals surface area contributed by atoms with Crippen molar-refractivity contribution in [2.75, 3.05) is 0 Å². The van der Waals surface area contributed by atoms with Crippen LogP contribution in [0.5, 0.6) is 0 Å². The van der Waals surface area contributed by atoms with Crippen molar-refractivity contribution in [3.63, 3.8) is 0 Å². The van der Waals surface area contributed by atoms with Crippen molar-refractivity contribution in [1.82, 2.24) is 0 Å². The topological polar surface area (TPSA) is 0 Å². The van der Waals surface area contributed by atoms with Crippen molar-refractivity contribution >= 4 is 130 Å². The van der Waals surface area contributed by atoms with Crippen molar-refractivity contribution < 1.29 is 0 Å². The van der Waals surface area contributed by atoms with E-state index in [1.54, 1.807) is 0 Å². The van der Waals surface area contributed by atoms with Crippen molar-refractivity contribution in [3.05, 3.63) is 477 Å². The van der Waals surface area contributed by atoms with Gasteiger partial charge in [0.15, 0.2) is 0 Å². The van der Waals surface area contributed by atoms with Gasteiger partial charge in [0, 0.05) is 0 Å². The normalized spacial score (nSPS) is 12.5. The van der Waals surface area contributed by atoms with Crippen LogP contribution in [0, 0.1) is 27.7 Å². The minimum atomic E-state index is -4.81. The second-order valence-electron chi connectivity index (χ2n) is 29.3. The van der Waals surface area contributed by atoms with Gasteiger partial charge in [-0.1, -0.05) is 72.8 Å². The Balaban J connectivity index is 0.917. The van der Waals surface area contributed by atoms with Crippen LogP contribution in [0.2, 0.25) is 0 Å². The molecule has 0 spiro atoms. The van der Waals surface area contributed by atoms with Gasteiger partial charge in [0.25, 0.3) is 0 Å². The summed E-state index contributed by atoms with van der Waals surface area (Å²) in [6.07, 6.45) is 9.31. The van der Waals surface area contributed by atoms with Crippen LogP contribution in [-0.2, 0) is 0 Å². The average molecular weight is 1630 g/mol. The third-order valence-electron chi connectivity index (χ3n) is 21.6. The molecular formula is C108H84S4Sn. The molecule has 16 aromatic rings. The molecule has 0 bridgehead atoms. The summed E-state index contributed by atoms with van der Waals surface area (Å²) in [5, 5.41) is 0. The summed E-state index contributed by atoms with van der Waals surface area (Å²) in [5.41, 5.74) is 31.4. The van der Waals surface area contributed by atoms with Crippen LogP contribution in [0.1, 0.15) is 89.0 Å². The molecule has 5 heteroatoms.